The molecule has 0 amide bonds. The first-order valence-electron chi connectivity index (χ1n) is 2.87. The summed E-state index contributed by atoms with van der Waals surface area (Å²) in [6.45, 7) is 4.38. The average molecular weight is 155 g/mol. The number of hydrogen-bond acceptors (Lipinski definition) is 3. The van der Waals surface area contributed by atoms with E-state index in [-0.39, 0.29) is 0 Å². The van der Waals surface area contributed by atoms with E-state index < -0.39 is 0 Å². The first-order chi connectivity index (χ1) is 4.88. The fourth-order valence-corrected chi connectivity index (χ4v) is 1.34. The number of nitrogens with zero attached hydrogens (tertiary/aromatic N) is 2. The van der Waals surface area contributed by atoms with E-state index in [0.29, 0.717) is 0 Å². The summed E-state index contributed by atoms with van der Waals surface area (Å²) >= 11 is 1.51. The molecule has 0 spiro atoms. The van der Waals surface area contributed by atoms with Gasteiger partial charge in [-0.15, -0.1) is 17.9 Å². The van der Waals surface area contributed by atoms with Crippen LogP contribution in [0.5, 0.6) is 0 Å². The molecule has 0 radical (unpaired) electrons. The zero-order valence-electron chi connectivity index (χ0n) is 5.53. The van der Waals surface area contributed by atoms with Crippen molar-refractivity contribution in [3.63, 3.8) is 0 Å². The van der Waals surface area contributed by atoms with E-state index in [1.54, 1.807) is 6.08 Å². The van der Waals surface area contributed by atoms with Crippen LogP contribution in [0.1, 0.15) is 0 Å². The van der Waals surface area contributed by atoms with Gasteiger partial charge in [0.05, 0.1) is 0 Å². The van der Waals surface area contributed by atoms with Crippen molar-refractivity contribution in [1.82, 2.24) is 4.57 Å². The van der Waals surface area contributed by atoms with Gasteiger partial charge in [-0.2, -0.15) is 5.10 Å². The van der Waals surface area contributed by atoms with Crippen molar-refractivity contribution in [3.8, 4) is 0 Å². The lowest BCUT2D eigenvalue weighted by molar-refractivity contribution is 0.780. The SMILES string of the molecule is C=CCn1ccsc1=NN. The lowest BCUT2D eigenvalue weighted by atomic mass is 10.6. The fraction of sp³-hybridized carbons (Fsp3) is 0.167. The van der Waals surface area contributed by atoms with Crippen molar-refractivity contribution in [3.05, 3.63) is 29.0 Å². The molecule has 0 saturated heterocycles. The van der Waals surface area contributed by atoms with Gasteiger partial charge in [-0.25, -0.2) is 0 Å². The molecule has 0 bridgehead atoms. The molecule has 0 aliphatic rings. The standard InChI is InChI=1S/C6H9N3S/c1-2-3-9-4-5-10-6(9)8-7/h2,4-5H,1,3,7H2. The minimum Gasteiger partial charge on any atom is -0.320 e. The summed E-state index contributed by atoms with van der Waals surface area (Å²) in [5.74, 6) is 5.11. The van der Waals surface area contributed by atoms with Crippen LogP contribution in [0, 0.1) is 0 Å². The normalized spacial score (nSPS) is 11.8. The molecule has 0 atom stereocenters. The van der Waals surface area contributed by atoms with Gasteiger partial charge in [-0.3, -0.25) is 0 Å². The molecule has 1 aromatic rings. The Morgan fingerprint density at radius 1 is 1.90 bits per heavy atom. The number of nitrogens with two attached hydrogens (primary N) is 1. The smallest absolute Gasteiger partial charge is 0.207 e. The Morgan fingerprint density at radius 3 is 3.30 bits per heavy atom. The van der Waals surface area contributed by atoms with E-state index in [0.717, 1.165) is 11.3 Å². The molecule has 4 heteroatoms. The molecule has 0 aliphatic heterocycles. The quantitative estimate of drug-likeness (QED) is 0.377. The Labute approximate surface area is 63.1 Å². The van der Waals surface area contributed by atoms with Crippen LogP contribution in [0.15, 0.2) is 29.3 Å². The van der Waals surface area contributed by atoms with Crippen LogP contribution in [0.4, 0.5) is 0 Å². The van der Waals surface area contributed by atoms with Crippen molar-refractivity contribution in [2.75, 3.05) is 0 Å². The Hall–Kier alpha value is -1.03. The maximum atomic E-state index is 5.11. The second-order valence-electron chi connectivity index (χ2n) is 1.76. The molecule has 1 aromatic heterocycles. The van der Waals surface area contributed by atoms with Gasteiger partial charge >= 0.3 is 0 Å². The molecule has 2 N–H and O–H groups in total. The predicted molar refractivity (Wildman–Crippen MR) is 42.3 cm³/mol. The zero-order valence-corrected chi connectivity index (χ0v) is 6.34. The molecule has 10 heavy (non-hydrogen) atoms. The minimum absolute atomic E-state index is 0.763. The van der Waals surface area contributed by atoms with Crippen LogP contribution < -0.4 is 10.6 Å². The molecule has 54 valence electrons. The van der Waals surface area contributed by atoms with Crippen molar-refractivity contribution in [1.29, 1.82) is 0 Å². The van der Waals surface area contributed by atoms with E-state index in [2.05, 4.69) is 11.7 Å². The molecule has 0 unspecified atom stereocenters. The van der Waals surface area contributed by atoms with Gasteiger partial charge in [0.15, 0.2) is 0 Å². The summed E-state index contributed by atoms with van der Waals surface area (Å²) in [6.07, 6.45) is 3.74. The van der Waals surface area contributed by atoms with Gasteiger partial charge in [0.2, 0.25) is 4.80 Å². The van der Waals surface area contributed by atoms with E-state index in [1.165, 1.54) is 11.3 Å². The van der Waals surface area contributed by atoms with Crippen LogP contribution in [0.2, 0.25) is 0 Å². The third kappa shape index (κ3) is 1.27. The van der Waals surface area contributed by atoms with E-state index in [1.807, 2.05) is 16.1 Å². The Morgan fingerprint density at radius 2 is 2.70 bits per heavy atom. The Balaban J connectivity index is 3.02. The Kier molecular flexibility index (Phi) is 2.28. The summed E-state index contributed by atoms with van der Waals surface area (Å²) in [6, 6.07) is 0. The lowest BCUT2D eigenvalue weighted by Crippen LogP contribution is -2.14. The molecule has 0 aliphatic carbocycles. The van der Waals surface area contributed by atoms with Crippen molar-refractivity contribution < 1.29 is 0 Å². The number of rotatable bonds is 2. The van der Waals surface area contributed by atoms with E-state index >= 15 is 0 Å². The first-order valence-corrected chi connectivity index (χ1v) is 3.75. The molecule has 0 saturated carbocycles. The summed E-state index contributed by atoms with van der Waals surface area (Å²) in [7, 11) is 0. The number of thiazole rings is 1. The summed E-state index contributed by atoms with van der Waals surface area (Å²) in [5, 5.41) is 5.52. The van der Waals surface area contributed by atoms with Crippen LogP contribution in [-0.4, -0.2) is 4.57 Å². The maximum absolute atomic E-state index is 5.11. The second kappa shape index (κ2) is 3.22. The van der Waals surface area contributed by atoms with Gasteiger partial charge < -0.3 is 10.4 Å². The topological polar surface area (TPSA) is 43.3 Å². The summed E-state index contributed by atoms with van der Waals surface area (Å²) < 4.78 is 1.93. The first kappa shape index (κ1) is 7.08. The van der Waals surface area contributed by atoms with Gasteiger partial charge in [0.25, 0.3) is 0 Å². The van der Waals surface area contributed by atoms with E-state index in [4.69, 9.17) is 5.84 Å². The van der Waals surface area contributed by atoms with Crippen LogP contribution in [0.3, 0.4) is 0 Å². The van der Waals surface area contributed by atoms with Crippen LogP contribution in [-0.2, 0) is 6.54 Å². The molecule has 0 aromatic carbocycles. The Bertz CT molecular complexity index is 271. The largest absolute Gasteiger partial charge is 0.320 e. The van der Waals surface area contributed by atoms with Crippen molar-refractivity contribution in [2.45, 2.75) is 6.54 Å². The molecular weight excluding hydrogens is 146 g/mol. The molecule has 3 nitrogen and oxygen atoms in total. The van der Waals surface area contributed by atoms with Crippen molar-refractivity contribution >= 4 is 11.3 Å². The molecule has 0 fully saturated rings. The highest BCUT2D eigenvalue weighted by atomic mass is 32.1. The van der Waals surface area contributed by atoms with Crippen LogP contribution in [0.25, 0.3) is 0 Å². The summed E-state index contributed by atoms with van der Waals surface area (Å²) in [5.41, 5.74) is 0. The number of hydrogen-bond donors (Lipinski definition) is 1. The zero-order chi connectivity index (χ0) is 7.40. The maximum Gasteiger partial charge on any atom is 0.207 e. The second-order valence-corrected chi connectivity index (χ2v) is 2.63. The predicted octanol–water partition coefficient (Wildman–Crippen LogP) is 0.510. The molecular formula is C6H9N3S. The van der Waals surface area contributed by atoms with Gasteiger partial charge in [0, 0.05) is 18.1 Å². The van der Waals surface area contributed by atoms with Gasteiger partial charge in [-0.1, -0.05) is 6.08 Å². The number of aromatic nitrogens is 1. The highest BCUT2D eigenvalue weighted by Gasteiger charge is 1.88. The fourth-order valence-electron chi connectivity index (χ4n) is 0.679. The number of allylic oxidation sites excluding steroid dienone is 1. The minimum atomic E-state index is 0.763. The lowest BCUT2D eigenvalue weighted by Gasteiger charge is -1.92. The monoisotopic (exact) mass is 155 g/mol. The van der Waals surface area contributed by atoms with Gasteiger partial charge in [-0.05, 0) is 0 Å². The highest BCUT2D eigenvalue weighted by Crippen LogP contribution is 1.88. The third-order valence-electron chi connectivity index (χ3n) is 1.10. The summed E-state index contributed by atoms with van der Waals surface area (Å²) in [4.78, 5) is 0.819. The molecule has 1 rings (SSSR count). The van der Waals surface area contributed by atoms with E-state index in [9.17, 15) is 0 Å². The van der Waals surface area contributed by atoms with Gasteiger partial charge in [0.1, 0.15) is 0 Å². The highest BCUT2D eigenvalue weighted by molar-refractivity contribution is 7.07. The molecule has 1 heterocycles. The van der Waals surface area contributed by atoms with Crippen LogP contribution >= 0.6 is 11.3 Å². The third-order valence-corrected chi connectivity index (χ3v) is 1.90. The average Bonchev–Trinajstić information content (AvgIpc) is 2.36. The van der Waals surface area contributed by atoms with Crippen molar-refractivity contribution in [2.24, 2.45) is 10.9 Å².